The summed E-state index contributed by atoms with van der Waals surface area (Å²) in [5, 5.41) is 12.4. The summed E-state index contributed by atoms with van der Waals surface area (Å²) in [7, 11) is 0. The lowest BCUT2D eigenvalue weighted by molar-refractivity contribution is -0.807. The van der Waals surface area contributed by atoms with E-state index in [1.54, 1.807) is 0 Å². The second-order valence-corrected chi connectivity index (χ2v) is 7.59. The van der Waals surface area contributed by atoms with Crippen LogP contribution in [0.15, 0.2) is 7.57 Å². The number of nitrogens with zero attached hydrogens (tertiary/aromatic N) is 1. The Morgan fingerprint density at radius 1 is 1.44 bits per heavy atom. The zero-order valence-corrected chi connectivity index (χ0v) is 12.7. The van der Waals surface area contributed by atoms with E-state index in [0.717, 1.165) is 26.0 Å². The fourth-order valence-corrected chi connectivity index (χ4v) is 5.00. The van der Waals surface area contributed by atoms with Gasteiger partial charge in [0.1, 0.15) is 12.1 Å². The van der Waals surface area contributed by atoms with E-state index >= 15 is 0 Å². The first kappa shape index (κ1) is 12.7. The van der Waals surface area contributed by atoms with Gasteiger partial charge in [-0.15, -0.1) is 11.3 Å². The van der Waals surface area contributed by atoms with Gasteiger partial charge in [0.05, 0.1) is 19.7 Å². The van der Waals surface area contributed by atoms with Crippen LogP contribution < -0.4 is 0 Å². The van der Waals surface area contributed by atoms with E-state index < -0.39 is 4.65 Å². The molecule has 0 saturated heterocycles. The second-order valence-electron chi connectivity index (χ2n) is 3.93. The fourth-order valence-electron chi connectivity index (χ4n) is 1.89. The smallest absolute Gasteiger partial charge is 0.348 e. The molecule has 6 heteroatoms. The van der Waals surface area contributed by atoms with Crippen LogP contribution in [0, 0.1) is 5.21 Å². The summed E-state index contributed by atoms with van der Waals surface area (Å²) in [6.45, 7) is 2.68. The minimum atomic E-state index is -0.719. The maximum atomic E-state index is 12.4. The van der Waals surface area contributed by atoms with Crippen molar-refractivity contribution in [2.24, 2.45) is 0 Å². The maximum Gasteiger partial charge on any atom is 0.348 e. The van der Waals surface area contributed by atoms with Gasteiger partial charge in [-0.25, -0.2) is 4.79 Å². The number of rotatable bonds is 3. The number of hydroxylamine groups is 3. The number of carbonyl (C=O) groups excluding carboxylic acids is 1. The average Bonchev–Trinajstić information content (AvgIpc) is 2.64. The first-order valence-electron chi connectivity index (χ1n) is 5.09. The number of hydrogen-bond donors (Lipinski definition) is 0. The van der Waals surface area contributed by atoms with Crippen molar-refractivity contribution < 1.29 is 9.44 Å². The van der Waals surface area contributed by atoms with Crippen LogP contribution in [0.3, 0.4) is 0 Å². The zero-order chi connectivity index (χ0) is 11.9. The lowest BCUT2D eigenvalue weighted by atomic mass is 10.2. The molecule has 3 nitrogen and oxygen atoms in total. The van der Waals surface area contributed by atoms with E-state index in [2.05, 4.69) is 31.9 Å². The molecular weight excluding hydrogens is 358 g/mol. The summed E-state index contributed by atoms with van der Waals surface area (Å²) >= 11 is 8.21. The van der Waals surface area contributed by atoms with Crippen molar-refractivity contribution in [1.82, 2.24) is 0 Å². The van der Waals surface area contributed by atoms with Gasteiger partial charge in [-0.1, -0.05) is 13.3 Å². The Morgan fingerprint density at radius 3 is 2.69 bits per heavy atom. The number of thiophene rings is 1. The van der Waals surface area contributed by atoms with Crippen molar-refractivity contribution in [3.8, 4) is 0 Å². The normalized spacial score (nSPS) is 23.9. The first-order chi connectivity index (χ1) is 7.49. The second kappa shape index (κ2) is 4.49. The van der Waals surface area contributed by atoms with Crippen LogP contribution in [-0.4, -0.2) is 17.1 Å². The minimum Gasteiger partial charge on any atom is -0.625 e. The number of halogens is 2. The zero-order valence-electron chi connectivity index (χ0n) is 8.76. The number of quaternary nitrogens is 1. The minimum absolute atomic E-state index is 0.275. The van der Waals surface area contributed by atoms with E-state index in [-0.39, 0.29) is 12.5 Å². The van der Waals surface area contributed by atoms with Crippen molar-refractivity contribution in [2.45, 2.75) is 26.3 Å². The molecule has 88 valence electrons. The van der Waals surface area contributed by atoms with Crippen LogP contribution in [-0.2, 0) is 6.54 Å². The largest absolute Gasteiger partial charge is 0.625 e. The predicted octanol–water partition coefficient (Wildman–Crippen LogP) is 4.04. The Labute approximate surface area is 115 Å². The molecule has 1 aromatic rings. The highest BCUT2D eigenvalue weighted by Crippen LogP contribution is 2.44. The molecule has 0 radical (unpaired) electrons. The lowest BCUT2D eigenvalue weighted by Gasteiger charge is -2.35. The third kappa shape index (κ3) is 1.90. The van der Waals surface area contributed by atoms with E-state index in [1.165, 1.54) is 11.3 Å². The highest BCUT2D eigenvalue weighted by atomic mass is 79.9. The third-order valence-corrected chi connectivity index (χ3v) is 5.44. The van der Waals surface area contributed by atoms with Crippen LogP contribution in [0.1, 0.15) is 35.7 Å². The Bertz CT molecular complexity index is 446. The monoisotopic (exact) mass is 367 g/mol. The van der Waals surface area contributed by atoms with Gasteiger partial charge in [-0.3, -0.25) is 4.65 Å². The molecule has 1 atom stereocenters. The molecule has 1 aliphatic rings. The predicted molar refractivity (Wildman–Crippen MR) is 71.2 cm³/mol. The average molecular weight is 369 g/mol. The molecule has 1 amide bonds. The standard InChI is InChI=1S/C10H11Br2NO2S/c1-2-3-4-13(15)5-6-7(10(13)14)9(12)16-8(6)11/h2-5H2,1H3. The summed E-state index contributed by atoms with van der Waals surface area (Å²) in [4.78, 5) is 12.1. The van der Waals surface area contributed by atoms with Gasteiger partial charge in [0.25, 0.3) is 0 Å². The van der Waals surface area contributed by atoms with Gasteiger partial charge < -0.3 is 5.21 Å². The summed E-state index contributed by atoms with van der Waals surface area (Å²) < 4.78 is 0.949. The molecule has 0 N–H and O–H groups in total. The van der Waals surface area contributed by atoms with Gasteiger partial charge in [0.2, 0.25) is 0 Å². The Hall–Kier alpha value is 0.250. The molecule has 0 aliphatic carbocycles. The van der Waals surface area contributed by atoms with E-state index in [9.17, 15) is 10.0 Å². The fraction of sp³-hybridized carbons (Fsp3) is 0.500. The van der Waals surface area contributed by atoms with Crippen LogP contribution in [0.25, 0.3) is 0 Å². The molecule has 1 aromatic heterocycles. The Morgan fingerprint density at radius 2 is 2.12 bits per heavy atom. The van der Waals surface area contributed by atoms with E-state index in [1.807, 2.05) is 6.92 Å². The number of carbonyl (C=O) groups is 1. The Balaban J connectivity index is 2.34. The highest BCUT2D eigenvalue weighted by molar-refractivity contribution is 9.12. The quantitative estimate of drug-likeness (QED) is 0.596. The van der Waals surface area contributed by atoms with Crippen LogP contribution in [0.2, 0.25) is 0 Å². The molecule has 1 aliphatic heterocycles. The van der Waals surface area contributed by atoms with E-state index in [0.29, 0.717) is 12.1 Å². The third-order valence-electron chi connectivity index (χ3n) is 2.79. The molecule has 0 fully saturated rings. The molecule has 0 saturated carbocycles. The number of hydrogen-bond acceptors (Lipinski definition) is 3. The van der Waals surface area contributed by atoms with Crippen molar-refractivity contribution in [3.05, 3.63) is 23.9 Å². The van der Waals surface area contributed by atoms with Gasteiger partial charge in [0, 0.05) is 0 Å². The van der Waals surface area contributed by atoms with Crippen LogP contribution in [0.4, 0.5) is 0 Å². The van der Waals surface area contributed by atoms with Crippen molar-refractivity contribution in [1.29, 1.82) is 0 Å². The molecule has 2 rings (SSSR count). The molecule has 0 bridgehead atoms. The molecule has 2 heterocycles. The number of amides is 1. The molecule has 0 spiro atoms. The summed E-state index contributed by atoms with van der Waals surface area (Å²) in [5.74, 6) is -0.294. The number of fused-ring (bicyclic) bond motifs is 1. The van der Waals surface area contributed by atoms with Crippen molar-refractivity contribution in [2.75, 3.05) is 6.54 Å². The van der Waals surface area contributed by atoms with Gasteiger partial charge >= 0.3 is 5.91 Å². The van der Waals surface area contributed by atoms with Crippen LogP contribution in [0.5, 0.6) is 0 Å². The van der Waals surface area contributed by atoms with Crippen molar-refractivity contribution in [3.63, 3.8) is 0 Å². The summed E-state index contributed by atoms with van der Waals surface area (Å²) in [5.41, 5.74) is 1.45. The highest BCUT2D eigenvalue weighted by Gasteiger charge is 2.42. The SMILES string of the molecule is CCCC[N+]1([O-])Cc2c(Br)sc(Br)c2C1=O. The topological polar surface area (TPSA) is 40.1 Å². The van der Waals surface area contributed by atoms with Gasteiger partial charge in [-0.2, -0.15) is 0 Å². The molecular formula is C10H11Br2NO2S. The molecule has 16 heavy (non-hydrogen) atoms. The molecule has 0 aromatic carbocycles. The Kier molecular flexibility index (Phi) is 3.57. The maximum absolute atomic E-state index is 12.4. The summed E-state index contributed by atoms with van der Waals surface area (Å²) in [6.07, 6.45) is 1.73. The van der Waals surface area contributed by atoms with E-state index in [4.69, 9.17) is 0 Å². The summed E-state index contributed by atoms with van der Waals surface area (Å²) in [6, 6.07) is 0. The van der Waals surface area contributed by atoms with Gasteiger partial charge in [0.15, 0.2) is 0 Å². The van der Waals surface area contributed by atoms with Gasteiger partial charge in [-0.05, 0) is 38.3 Å². The number of unbranched alkanes of at least 4 members (excludes halogenated alkanes) is 1. The van der Waals surface area contributed by atoms with Crippen molar-refractivity contribution >= 4 is 49.1 Å². The first-order valence-corrected chi connectivity index (χ1v) is 7.49. The molecule has 1 unspecified atom stereocenters. The lowest BCUT2D eigenvalue weighted by Crippen LogP contribution is -2.43. The van der Waals surface area contributed by atoms with Crippen LogP contribution >= 0.6 is 43.2 Å².